The normalized spacial score (nSPS) is 26.1. The molecule has 1 unspecified atom stereocenters. The average Bonchev–Trinajstić information content (AvgIpc) is 2.85. The predicted octanol–water partition coefficient (Wildman–Crippen LogP) is 4.49. The van der Waals surface area contributed by atoms with Gasteiger partial charge in [0.2, 0.25) is 0 Å². The van der Waals surface area contributed by atoms with Gasteiger partial charge in [0.05, 0.1) is 10.0 Å². The highest BCUT2D eigenvalue weighted by Crippen LogP contribution is 2.34. The molecule has 21 heavy (non-hydrogen) atoms. The van der Waals surface area contributed by atoms with Crippen molar-refractivity contribution in [2.75, 3.05) is 13.1 Å². The zero-order valence-corrected chi connectivity index (χ0v) is 14.2. The summed E-state index contributed by atoms with van der Waals surface area (Å²) in [4.78, 5) is 2.59. The Bertz CT molecular complexity index is 498. The molecule has 1 spiro atoms. The number of halogens is 2. The van der Waals surface area contributed by atoms with Crippen molar-refractivity contribution in [2.24, 2.45) is 0 Å². The highest BCUT2D eigenvalue weighted by Gasteiger charge is 2.38. The van der Waals surface area contributed by atoms with E-state index in [-0.39, 0.29) is 0 Å². The second-order valence-electron chi connectivity index (χ2n) is 6.67. The number of nitrogens with one attached hydrogen (secondary N) is 1. The molecule has 1 aromatic carbocycles. The molecule has 1 heterocycles. The molecule has 1 aliphatic carbocycles. The number of nitrogens with zero attached hydrogens (tertiary/aromatic N) is 1. The summed E-state index contributed by atoms with van der Waals surface area (Å²) in [5.74, 6) is 0. The molecule has 2 nitrogen and oxygen atoms in total. The van der Waals surface area contributed by atoms with E-state index in [1.54, 1.807) is 0 Å². The maximum Gasteiger partial charge on any atom is 0.0637 e. The average molecular weight is 327 g/mol. The van der Waals surface area contributed by atoms with Crippen molar-refractivity contribution in [3.05, 3.63) is 33.8 Å². The summed E-state index contributed by atoms with van der Waals surface area (Å²) >= 11 is 12.5. The van der Waals surface area contributed by atoms with Gasteiger partial charge in [-0.15, -0.1) is 0 Å². The molecule has 0 radical (unpaired) electrons. The molecule has 1 N–H and O–H groups in total. The van der Waals surface area contributed by atoms with E-state index in [1.807, 2.05) is 12.1 Å². The first-order valence-electron chi connectivity index (χ1n) is 8.02. The maximum absolute atomic E-state index is 6.38. The van der Waals surface area contributed by atoms with Crippen LogP contribution in [0.4, 0.5) is 0 Å². The van der Waals surface area contributed by atoms with E-state index in [2.05, 4.69) is 23.2 Å². The summed E-state index contributed by atoms with van der Waals surface area (Å²) in [6.45, 7) is 5.47. The number of hydrogen-bond donors (Lipinski definition) is 1. The lowest BCUT2D eigenvalue weighted by Gasteiger charge is -2.35. The van der Waals surface area contributed by atoms with Crippen molar-refractivity contribution >= 4 is 23.2 Å². The summed E-state index contributed by atoms with van der Waals surface area (Å²) in [6.07, 6.45) is 6.51. The molecule has 1 aromatic rings. The van der Waals surface area contributed by atoms with E-state index in [0.717, 1.165) is 25.2 Å². The van der Waals surface area contributed by atoms with Crippen LogP contribution in [0.2, 0.25) is 10.0 Å². The second-order valence-corrected chi connectivity index (χ2v) is 7.45. The smallest absolute Gasteiger partial charge is 0.0637 e. The van der Waals surface area contributed by atoms with E-state index in [9.17, 15) is 0 Å². The van der Waals surface area contributed by atoms with Gasteiger partial charge in [0.1, 0.15) is 0 Å². The first-order valence-corrected chi connectivity index (χ1v) is 8.77. The molecule has 1 saturated heterocycles. The Morgan fingerprint density at radius 1 is 1.29 bits per heavy atom. The molecule has 1 aliphatic heterocycles. The lowest BCUT2D eigenvalue weighted by atomic mass is 9.96. The summed E-state index contributed by atoms with van der Waals surface area (Å²) in [7, 11) is 0. The van der Waals surface area contributed by atoms with Gasteiger partial charge in [0, 0.05) is 24.7 Å². The van der Waals surface area contributed by atoms with Gasteiger partial charge in [-0.05, 0) is 44.4 Å². The van der Waals surface area contributed by atoms with Crippen LogP contribution in [0.1, 0.15) is 44.6 Å². The van der Waals surface area contributed by atoms with Gasteiger partial charge < -0.3 is 5.32 Å². The summed E-state index contributed by atoms with van der Waals surface area (Å²) in [6, 6.07) is 6.53. The van der Waals surface area contributed by atoms with E-state index in [4.69, 9.17) is 23.2 Å². The van der Waals surface area contributed by atoms with E-state index < -0.39 is 0 Å². The SMILES string of the molecule is CC1CCNC2(CCCC2)CN1Cc1cccc(Cl)c1Cl. The molecule has 2 fully saturated rings. The van der Waals surface area contributed by atoms with Gasteiger partial charge in [0.25, 0.3) is 0 Å². The van der Waals surface area contributed by atoms with Crippen LogP contribution in [-0.2, 0) is 6.54 Å². The van der Waals surface area contributed by atoms with Gasteiger partial charge >= 0.3 is 0 Å². The second kappa shape index (κ2) is 6.45. The Kier molecular flexibility index (Phi) is 4.80. The fraction of sp³-hybridized carbons (Fsp3) is 0.647. The Hall–Kier alpha value is -0.280. The summed E-state index contributed by atoms with van der Waals surface area (Å²) < 4.78 is 0. The molecule has 0 amide bonds. The van der Waals surface area contributed by atoms with E-state index in [0.29, 0.717) is 21.6 Å². The largest absolute Gasteiger partial charge is 0.310 e. The van der Waals surface area contributed by atoms with Crippen molar-refractivity contribution < 1.29 is 0 Å². The third kappa shape index (κ3) is 3.39. The van der Waals surface area contributed by atoms with Crippen LogP contribution >= 0.6 is 23.2 Å². The fourth-order valence-electron chi connectivity index (χ4n) is 3.82. The predicted molar refractivity (Wildman–Crippen MR) is 90.2 cm³/mol. The minimum atomic E-state index is 0.329. The van der Waals surface area contributed by atoms with Gasteiger partial charge in [-0.2, -0.15) is 0 Å². The van der Waals surface area contributed by atoms with E-state index >= 15 is 0 Å². The van der Waals surface area contributed by atoms with Crippen LogP contribution < -0.4 is 5.32 Å². The molecule has 1 atom stereocenters. The molecule has 3 rings (SSSR count). The van der Waals surface area contributed by atoms with Gasteiger partial charge in [-0.1, -0.05) is 48.2 Å². The number of hydrogen-bond acceptors (Lipinski definition) is 2. The van der Waals surface area contributed by atoms with Crippen LogP contribution in [0.25, 0.3) is 0 Å². The molecule has 116 valence electrons. The maximum atomic E-state index is 6.38. The van der Waals surface area contributed by atoms with Gasteiger partial charge in [0.15, 0.2) is 0 Å². The van der Waals surface area contributed by atoms with Crippen molar-refractivity contribution in [3.8, 4) is 0 Å². The molecule has 0 bridgehead atoms. The standard InChI is InChI=1S/C17H24Cl2N2/c1-13-7-10-20-17(8-2-3-9-17)12-21(13)11-14-5-4-6-15(18)16(14)19/h4-6,13,20H,2-3,7-12H2,1H3. The zero-order chi connectivity index (χ0) is 14.9. The van der Waals surface area contributed by atoms with Crippen LogP contribution in [0.3, 0.4) is 0 Å². The Labute approximate surface area is 137 Å². The zero-order valence-electron chi connectivity index (χ0n) is 12.7. The Morgan fingerprint density at radius 2 is 2.05 bits per heavy atom. The highest BCUT2D eigenvalue weighted by molar-refractivity contribution is 6.42. The quantitative estimate of drug-likeness (QED) is 0.861. The third-order valence-electron chi connectivity index (χ3n) is 5.16. The number of rotatable bonds is 2. The summed E-state index contributed by atoms with van der Waals surface area (Å²) in [5, 5.41) is 5.20. The van der Waals surface area contributed by atoms with Crippen molar-refractivity contribution in [3.63, 3.8) is 0 Å². The molecule has 0 aromatic heterocycles. The monoisotopic (exact) mass is 326 g/mol. The third-order valence-corrected chi connectivity index (χ3v) is 6.01. The van der Waals surface area contributed by atoms with Crippen molar-refractivity contribution in [2.45, 2.75) is 57.2 Å². The first-order chi connectivity index (χ1) is 10.1. The van der Waals surface area contributed by atoms with Crippen LogP contribution in [-0.4, -0.2) is 29.6 Å². The molecular formula is C17H24Cl2N2. The molecule has 1 saturated carbocycles. The van der Waals surface area contributed by atoms with Crippen LogP contribution in [0, 0.1) is 0 Å². The fourth-order valence-corrected chi connectivity index (χ4v) is 4.20. The molecular weight excluding hydrogens is 303 g/mol. The van der Waals surface area contributed by atoms with Gasteiger partial charge in [-0.3, -0.25) is 4.90 Å². The van der Waals surface area contributed by atoms with E-state index in [1.165, 1.54) is 32.1 Å². The lowest BCUT2D eigenvalue weighted by molar-refractivity contribution is 0.160. The van der Waals surface area contributed by atoms with Crippen molar-refractivity contribution in [1.29, 1.82) is 0 Å². The van der Waals surface area contributed by atoms with Gasteiger partial charge in [-0.25, -0.2) is 0 Å². The first kappa shape index (κ1) is 15.6. The van der Waals surface area contributed by atoms with Crippen LogP contribution in [0.15, 0.2) is 18.2 Å². The number of benzene rings is 1. The van der Waals surface area contributed by atoms with Crippen LogP contribution in [0.5, 0.6) is 0 Å². The van der Waals surface area contributed by atoms with Crippen molar-refractivity contribution in [1.82, 2.24) is 10.2 Å². The topological polar surface area (TPSA) is 15.3 Å². The highest BCUT2D eigenvalue weighted by atomic mass is 35.5. The lowest BCUT2D eigenvalue weighted by Crippen LogP contribution is -2.50. The minimum Gasteiger partial charge on any atom is -0.310 e. The minimum absolute atomic E-state index is 0.329. The summed E-state index contributed by atoms with van der Waals surface area (Å²) in [5.41, 5.74) is 1.47. The Morgan fingerprint density at radius 3 is 2.81 bits per heavy atom. The molecule has 4 heteroatoms. The molecule has 2 aliphatic rings. The Balaban J connectivity index is 1.79.